The molecule has 14 heavy (non-hydrogen) atoms. The van der Waals surface area contributed by atoms with Crippen molar-refractivity contribution >= 4 is 17.5 Å². The molecule has 0 fully saturated rings. The topological polar surface area (TPSA) is 46.3 Å². The predicted octanol–water partition coefficient (Wildman–Crippen LogP) is 0.976. The minimum Gasteiger partial charge on any atom is -0.330 e. The van der Waals surface area contributed by atoms with Crippen molar-refractivity contribution in [1.29, 1.82) is 0 Å². The van der Waals surface area contributed by atoms with Crippen LogP contribution in [0.15, 0.2) is 0 Å². The summed E-state index contributed by atoms with van der Waals surface area (Å²) < 4.78 is 0. The number of Topliss-reactive ketones (excluding diaryl/α,β-unsaturated/α-hetero) is 1. The molecule has 0 radical (unpaired) electrons. The molecule has 0 aliphatic rings. The van der Waals surface area contributed by atoms with E-state index < -0.39 is 0 Å². The van der Waals surface area contributed by atoms with Crippen molar-refractivity contribution in [3.05, 3.63) is 0 Å². The Kier molecular flexibility index (Phi) is 7.23. The number of thioether (sulfide) groups is 1. The summed E-state index contributed by atoms with van der Waals surface area (Å²) in [6.07, 6.45) is 3.75. The molecule has 0 aliphatic heterocycles. The highest BCUT2D eigenvalue weighted by Crippen LogP contribution is 2.14. The van der Waals surface area contributed by atoms with E-state index in [-0.39, 0.29) is 11.3 Å². The Morgan fingerprint density at radius 1 is 1.50 bits per heavy atom. The molecule has 0 rings (SSSR count). The van der Waals surface area contributed by atoms with Crippen molar-refractivity contribution in [2.45, 2.75) is 31.1 Å². The zero-order chi connectivity index (χ0) is 11.1. The molecule has 84 valence electrons. The Balaban J connectivity index is 4.25. The van der Waals surface area contributed by atoms with E-state index in [1.54, 1.807) is 11.8 Å². The minimum atomic E-state index is 0.0287. The van der Waals surface area contributed by atoms with Gasteiger partial charge in [-0.25, -0.2) is 0 Å². The van der Waals surface area contributed by atoms with E-state index >= 15 is 0 Å². The number of nitrogens with zero attached hydrogens (tertiary/aromatic N) is 1. The molecule has 0 bridgehead atoms. The van der Waals surface area contributed by atoms with Crippen molar-refractivity contribution < 1.29 is 4.79 Å². The van der Waals surface area contributed by atoms with Gasteiger partial charge in [0, 0.05) is 0 Å². The zero-order valence-corrected chi connectivity index (χ0v) is 10.4. The molecule has 1 unspecified atom stereocenters. The van der Waals surface area contributed by atoms with Gasteiger partial charge in [-0.05, 0) is 46.7 Å². The average molecular weight is 218 g/mol. The monoisotopic (exact) mass is 218 g/mol. The molecule has 0 spiro atoms. The lowest BCUT2D eigenvalue weighted by molar-refractivity contribution is -0.122. The van der Waals surface area contributed by atoms with E-state index in [1.165, 1.54) is 0 Å². The summed E-state index contributed by atoms with van der Waals surface area (Å²) in [6.45, 7) is 2.62. The van der Waals surface area contributed by atoms with Gasteiger partial charge >= 0.3 is 0 Å². The highest BCUT2D eigenvalue weighted by molar-refractivity contribution is 7.99. The lowest BCUT2D eigenvalue weighted by Gasteiger charge is -2.25. The van der Waals surface area contributed by atoms with Crippen LogP contribution in [0.1, 0.15) is 19.8 Å². The Morgan fingerprint density at radius 2 is 2.07 bits per heavy atom. The Hall–Kier alpha value is -0.0600. The summed E-state index contributed by atoms with van der Waals surface area (Å²) in [7, 11) is 3.90. The Labute approximate surface area is 91.4 Å². The van der Waals surface area contributed by atoms with Gasteiger partial charge in [-0.3, -0.25) is 9.69 Å². The molecule has 0 aromatic carbocycles. The second-order valence-electron chi connectivity index (χ2n) is 3.69. The summed E-state index contributed by atoms with van der Waals surface area (Å²) >= 11 is 1.60. The number of carbonyl (C=O) groups is 1. The molecule has 0 amide bonds. The fourth-order valence-electron chi connectivity index (χ4n) is 1.35. The van der Waals surface area contributed by atoms with Crippen LogP contribution in [0.2, 0.25) is 0 Å². The molecule has 3 nitrogen and oxygen atoms in total. The van der Waals surface area contributed by atoms with Crippen LogP contribution in [-0.4, -0.2) is 48.9 Å². The van der Waals surface area contributed by atoms with Crippen molar-refractivity contribution in [3.63, 3.8) is 0 Å². The van der Waals surface area contributed by atoms with Gasteiger partial charge in [-0.15, -0.1) is 0 Å². The fourth-order valence-corrected chi connectivity index (χ4v) is 1.74. The summed E-state index contributed by atoms with van der Waals surface area (Å²) in [6, 6.07) is 0.0287. The molecular weight excluding hydrogens is 196 g/mol. The van der Waals surface area contributed by atoms with Gasteiger partial charge in [0.1, 0.15) is 0 Å². The van der Waals surface area contributed by atoms with Gasteiger partial charge in [-0.2, -0.15) is 11.8 Å². The Morgan fingerprint density at radius 3 is 2.43 bits per heavy atom. The lowest BCUT2D eigenvalue weighted by atomic mass is 10.0. The molecule has 0 aliphatic carbocycles. The highest BCUT2D eigenvalue weighted by Gasteiger charge is 2.24. The SMILES string of the molecule is CSC(C)C(=O)[C@H](CCCN)N(C)C. The first kappa shape index (κ1) is 13.9. The fraction of sp³-hybridized carbons (Fsp3) is 0.900. The number of likely N-dealkylation sites (N-methyl/N-ethyl adjacent to an activating group) is 1. The van der Waals surface area contributed by atoms with Crippen LogP contribution in [0.25, 0.3) is 0 Å². The number of nitrogens with two attached hydrogens (primary N) is 1. The van der Waals surface area contributed by atoms with Crippen molar-refractivity contribution in [1.82, 2.24) is 4.90 Å². The second kappa shape index (κ2) is 7.26. The average Bonchev–Trinajstić information content (AvgIpc) is 2.16. The predicted molar refractivity (Wildman–Crippen MR) is 63.7 cm³/mol. The van der Waals surface area contributed by atoms with Crippen LogP contribution in [-0.2, 0) is 4.79 Å². The second-order valence-corrected chi connectivity index (χ2v) is 4.87. The number of ketones is 1. The third-order valence-electron chi connectivity index (χ3n) is 2.39. The Bertz CT molecular complexity index is 174. The first-order valence-electron chi connectivity index (χ1n) is 4.97. The van der Waals surface area contributed by atoms with Gasteiger partial charge in [0.2, 0.25) is 0 Å². The van der Waals surface area contributed by atoms with Crippen LogP contribution < -0.4 is 5.73 Å². The van der Waals surface area contributed by atoms with Gasteiger partial charge in [-0.1, -0.05) is 0 Å². The molecule has 0 heterocycles. The highest BCUT2D eigenvalue weighted by atomic mass is 32.2. The molecule has 2 N–H and O–H groups in total. The molecule has 2 atom stereocenters. The number of carbonyl (C=O) groups excluding carboxylic acids is 1. The van der Waals surface area contributed by atoms with E-state index in [4.69, 9.17) is 5.73 Å². The standard InChI is InChI=1S/C10H22N2OS/c1-8(14-4)10(13)9(12(2)3)6-5-7-11/h8-9H,5-7,11H2,1-4H3/t8?,9-/m0/s1. The van der Waals surface area contributed by atoms with E-state index in [9.17, 15) is 4.79 Å². The first-order valence-corrected chi connectivity index (χ1v) is 6.26. The van der Waals surface area contributed by atoms with Gasteiger partial charge < -0.3 is 5.73 Å². The lowest BCUT2D eigenvalue weighted by Crippen LogP contribution is -2.40. The first-order chi connectivity index (χ1) is 6.54. The molecule has 0 aromatic rings. The van der Waals surface area contributed by atoms with Crippen LogP contribution in [0, 0.1) is 0 Å². The molecule has 0 saturated carbocycles. The number of hydrogen-bond donors (Lipinski definition) is 1. The van der Waals surface area contributed by atoms with Crippen LogP contribution >= 0.6 is 11.8 Å². The van der Waals surface area contributed by atoms with Crippen molar-refractivity contribution in [2.75, 3.05) is 26.9 Å². The quantitative estimate of drug-likeness (QED) is 0.692. The normalized spacial score (nSPS) is 15.6. The number of hydrogen-bond acceptors (Lipinski definition) is 4. The van der Waals surface area contributed by atoms with Gasteiger partial charge in [0.05, 0.1) is 11.3 Å². The third-order valence-corrected chi connectivity index (χ3v) is 3.33. The molecule has 0 saturated heterocycles. The maximum atomic E-state index is 11.9. The summed E-state index contributed by atoms with van der Waals surface area (Å²) in [5.41, 5.74) is 5.45. The van der Waals surface area contributed by atoms with Crippen LogP contribution in [0.3, 0.4) is 0 Å². The minimum absolute atomic E-state index is 0.0287. The van der Waals surface area contributed by atoms with E-state index in [0.717, 1.165) is 12.8 Å². The van der Waals surface area contributed by atoms with Crippen LogP contribution in [0.5, 0.6) is 0 Å². The summed E-state index contributed by atoms with van der Waals surface area (Å²) in [4.78, 5) is 13.9. The number of rotatable bonds is 7. The largest absolute Gasteiger partial charge is 0.330 e. The summed E-state index contributed by atoms with van der Waals surface area (Å²) in [5, 5.41) is 0.0835. The van der Waals surface area contributed by atoms with Crippen LogP contribution in [0.4, 0.5) is 0 Å². The third kappa shape index (κ3) is 4.44. The maximum absolute atomic E-state index is 11.9. The van der Waals surface area contributed by atoms with E-state index in [2.05, 4.69) is 0 Å². The maximum Gasteiger partial charge on any atom is 0.162 e. The van der Waals surface area contributed by atoms with Crippen molar-refractivity contribution in [2.24, 2.45) is 5.73 Å². The zero-order valence-electron chi connectivity index (χ0n) is 9.62. The van der Waals surface area contributed by atoms with E-state index in [0.29, 0.717) is 12.3 Å². The van der Waals surface area contributed by atoms with E-state index in [1.807, 2.05) is 32.2 Å². The van der Waals surface area contributed by atoms with Crippen molar-refractivity contribution in [3.8, 4) is 0 Å². The van der Waals surface area contributed by atoms with Gasteiger partial charge in [0.25, 0.3) is 0 Å². The van der Waals surface area contributed by atoms with Gasteiger partial charge in [0.15, 0.2) is 5.78 Å². The molecular formula is C10H22N2OS. The summed E-state index contributed by atoms with van der Waals surface area (Å²) in [5.74, 6) is 0.316. The smallest absolute Gasteiger partial charge is 0.162 e. The molecule has 4 heteroatoms. The molecule has 0 aromatic heterocycles.